The molecular formula is C23H22N3NaO6S2. The van der Waals surface area contributed by atoms with Crippen LogP contribution in [0.25, 0.3) is 0 Å². The Kier molecular flexibility index (Phi) is 8.76. The van der Waals surface area contributed by atoms with E-state index in [0.29, 0.717) is 23.0 Å². The van der Waals surface area contributed by atoms with Crippen molar-refractivity contribution < 1.29 is 57.2 Å². The number of aliphatic hydroxyl groups excluding tert-OH is 1. The summed E-state index contributed by atoms with van der Waals surface area (Å²) in [5.74, 6) is 0.442. The molecule has 1 unspecified atom stereocenters. The predicted molar refractivity (Wildman–Crippen MR) is 130 cm³/mol. The molecular weight excluding hydrogens is 501 g/mol. The van der Waals surface area contributed by atoms with E-state index < -0.39 is 28.1 Å². The van der Waals surface area contributed by atoms with Crippen LogP contribution in [0.15, 0.2) is 78.3 Å². The maximum Gasteiger partial charge on any atom is 1.00 e. The number of hydrogen-bond acceptors (Lipinski definition) is 8. The molecule has 2 aliphatic heterocycles. The van der Waals surface area contributed by atoms with E-state index in [0.717, 1.165) is 5.69 Å². The largest absolute Gasteiger partial charge is 1.00 e. The summed E-state index contributed by atoms with van der Waals surface area (Å²) in [6, 6.07) is 15.6. The summed E-state index contributed by atoms with van der Waals surface area (Å²) in [5.41, 5.74) is 1.61. The van der Waals surface area contributed by atoms with Crippen LogP contribution in [0, 0.1) is 0 Å². The van der Waals surface area contributed by atoms with Crippen molar-refractivity contribution in [3.05, 3.63) is 78.3 Å². The van der Waals surface area contributed by atoms with E-state index in [-0.39, 0.29) is 47.5 Å². The molecule has 0 saturated carbocycles. The van der Waals surface area contributed by atoms with Gasteiger partial charge in [0.15, 0.2) is 5.75 Å². The number of urea groups is 1. The fourth-order valence-corrected chi connectivity index (χ4v) is 4.62. The Morgan fingerprint density at radius 3 is 2.43 bits per heavy atom. The van der Waals surface area contributed by atoms with Crippen molar-refractivity contribution in [2.45, 2.75) is 19.6 Å². The van der Waals surface area contributed by atoms with Crippen LogP contribution in [-0.2, 0) is 10.1 Å². The number of ether oxygens (including phenoxy) is 1. The van der Waals surface area contributed by atoms with Crippen molar-refractivity contribution in [3.63, 3.8) is 0 Å². The van der Waals surface area contributed by atoms with Gasteiger partial charge in [-0.05, 0) is 43.7 Å². The molecule has 1 atom stereocenters. The first-order chi connectivity index (χ1) is 16.2. The molecule has 0 spiro atoms. The van der Waals surface area contributed by atoms with Gasteiger partial charge in [0.2, 0.25) is 5.88 Å². The topological polar surface area (TPSA) is 113 Å². The summed E-state index contributed by atoms with van der Waals surface area (Å²) in [6.07, 6.45) is 2.15. The normalized spacial score (nSPS) is 18.7. The van der Waals surface area contributed by atoms with Crippen molar-refractivity contribution in [1.82, 2.24) is 4.90 Å². The van der Waals surface area contributed by atoms with E-state index >= 15 is 0 Å². The van der Waals surface area contributed by atoms with Crippen molar-refractivity contribution in [2.75, 3.05) is 22.1 Å². The molecule has 1 N–H and O–H groups in total. The summed E-state index contributed by atoms with van der Waals surface area (Å²) in [6.45, 7) is 1.70. The van der Waals surface area contributed by atoms with Crippen LogP contribution < -0.4 is 44.1 Å². The number of thiocarbonyl (C=S) groups is 1. The number of fused-ring (bicyclic) bond motifs is 1. The fourth-order valence-electron chi connectivity index (χ4n) is 3.79. The summed E-state index contributed by atoms with van der Waals surface area (Å²) < 4.78 is 39.0. The van der Waals surface area contributed by atoms with Crippen LogP contribution in [-0.4, -0.2) is 52.5 Å². The van der Waals surface area contributed by atoms with E-state index in [1.165, 1.54) is 16.7 Å². The molecule has 2 aliphatic rings. The summed E-state index contributed by atoms with van der Waals surface area (Å²) in [7, 11) is -4.34. The van der Waals surface area contributed by atoms with Gasteiger partial charge in [-0.15, -0.1) is 0 Å². The van der Waals surface area contributed by atoms with Crippen molar-refractivity contribution in [3.8, 4) is 5.75 Å². The molecule has 12 heteroatoms. The number of para-hydroxylation sites is 3. The zero-order chi connectivity index (χ0) is 24.5. The average molecular weight is 524 g/mol. The van der Waals surface area contributed by atoms with Gasteiger partial charge in [-0.3, -0.25) is 9.80 Å². The monoisotopic (exact) mass is 523 g/mol. The first-order valence-corrected chi connectivity index (χ1v) is 12.5. The molecule has 0 radical (unpaired) electrons. The third kappa shape index (κ3) is 5.95. The maximum atomic E-state index is 13.1. The average Bonchev–Trinajstić information content (AvgIpc) is 3.26. The van der Waals surface area contributed by atoms with Crippen molar-refractivity contribution in [2.24, 2.45) is 0 Å². The Bertz CT molecular complexity index is 1280. The summed E-state index contributed by atoms with van der Waals surface area (Å²) in [5, 5.41) is 10.3. The van der Waals surface area contributed by atoms with E-state index in [4.69, 9.17) is 17.0 Å². The number of aliphatic hydroxyl groups is 1. The van der Waals surface area contributed by atoms with Crippen LogP contribution >= 0.6 is 12.2 Å². The maximum absolute atomic E-state index is 13.1. The minimum Gasteiger partial charge on any atom is -0.748 e. The Labute approximate surface area is 231 Å². The molecule has 0 bridgehead atoms. The minimum atomic E-state index is -4.34. The van der Waals surface area contributed by atoms with Crippen LogP contribution in [0.1, 0.15) is 13.3 Å². The first-order valence-electron chi connectivity index (χ1n) is 10.5. The Hall–Kier alpha value is -2.25. The number of carbonyl (C=O) groups is 1. The Morgan fingerprint density at radius 1 is 1.11 bits per heavy atom. The summed E-state index contributed by atoms with van der Waals surface area (Å²) in [4.78, 5) is 17.5. The molecule has 9 nitrogen and oxygen atoms in total. The second kappa shape index (κ2) is 11.2. The molecule has 2 aromatic rings. The number of rotatable bonds is 7. The molecule has 2 aromatic carbocycles. The smallest absolute Gasteiger partial charge is 0.748 e. The molecule has 35 heavy (non-hydrogen) atoms. The van der Waals surface area contributed by atoms with Gasteiger partial charge < -0.3 is 19.3 Å². The Balaban J connectivity index is 0.00000342. The third-order valence-electron chi connectivity index (χ3n) is 5.26. The number of allylic oxidation sites excluding steroid dienone is 2. The molecule has 178 valence electrons. The number of carbonyl (C=O) groups excluding carboxylic acids is 1. The van der Waals surface area contributed by atoms with Crippen LogP contribution in [0.2, 0.25) is 0 Å². The zero-order valence-electron chi connectivity index (χ0n) is 19.2. The second-order valence-electron chi connectivity index (χ2n) is 7.65. The number of hydrogen-bond donors (Lipinski definition) is 1. The minimum absolute atomic E-state index is 0. The summed E-state index contributed by atoms with van der Waals surface area (Å²) >= 11 is 5.57. The molecule has 0 aliphatic carbocycles. The molecule has 2 amide bonds. The van der Waals surface area contributed by atoms with Crippen LogP contribution in [0.4, 0.5) is 16.2 Å². The third-order valence-corrected chi connectivity index (χ3v) is 6.44. The predicted octanol–water partition coefficient (Wildman–Crippen LogP) is 0.158. The van der Waals surface area contributed by atoms with E-state index in [2.05, 4.69) is 0 Å². The van der Waals surface area contributed by atoms with Gasteiger partial charge >= 0.3 is 35.6 Å². The molecule has 0 aromatic heterocycles. The number of anilines is 2. The fraction of sp³-hybridized carbons (Fsp3) is 0.217. The van der Waals surface area contributed by atoms with E-state index in [1.54, 1.807) is 53.5 Å². The molecule has 1 saturated heterocycles. The molecule has 1 fully saturated rings. The Morgan fingerprint density at radius 2 is 1.77 bits per heavy atom. The number of amides is 2. The zero-order valence-corrected chi connectivity index (χ0v) is 22.8. The van der Waals surface area contributed by atoms with Gasteiger partial charge in [-0.1, -0.05) is 42.5 Å². The van der Waals surface area contributed by atoms with Gasteiger partial charge in [0, 0.05) is 18.4 Å². The van der Waals surface area contributed by atoms with Gasteiger partial charge in [0.1, 0.15) is 11.2 Å². The van der Waals surface area contributed by atoms with E-state index in [9.17, 15) is 22.9 Å². The van der Waals surface area contributed by atoms with Gasteiger partial charge in [0.05, 0.1) is 27.2 Å². The quantitative estimate of drug-likeness (QED) is 0.236. The molecule has 4 rings (SSSR count). The van der Waals surface area contributed by atoms with Gasteiger partial charge in [0.25, 0.3) is 0 Å². The second-order valence-corrected chi connectivity index (χ2v) is 9.56. The van der Waals surface area contributed by atoms with Crippen LogP contribution in [0.5, 0.6) is 5.75 Å². The molecule has 2 heterocycles. The van der Waals surface area contributed by atoms with Gasteiger partial charge in [-0.2, -0.15) is 0 Å². The standard InChI is InChI=1S/C23H23N3O6S2.Na/c1-16(27)25-19(22(33)26(23(25)28)17-8-3-2-4-9-17)12-13-21-24(14-7-15-34(29,30)31)18-10-5-6-11-20(18)32-21;/h2-6,8-13,16,27H,7,14-15H2,1H3,(H,29,30,31);/q;+1/p-1/b19-12+,21-13-;. The first kappa shape index (κ1) is 27.3. The van der Waals surface area contributed by atoms with Crippen molar-refractivity contribution in [1.29, 1.82) is 0 Å². The SMILES string of the molecule is CC(O)N1C(=O)N(c2ccccc2)C(=S)/C1=C\C=C1/Oc2ccccc2N1CCCS(=O)(=O)[O-].[Na+]. The number of nitrogens with zero attached hydrogens (tertiary/aromatic N) is 3. The van der Waals surface area contributed by atoms with Crippen molar-refractivity contribution >= 4 is 44.7 Å². The van der Waals surface area contributed by atoms with E-state index in [1.807, 2.05) is 18.2 Å². The van der Waals surface area contributed by atoms with Crippen LogP contribution in [0.3, 0.4) is 0 Å². The number of benzene rings is 2. The van der Waals surface area contributed by atoms with Gasteiger partial charge in [-0.25, -0.2) is 13.2 Å².